The van der Waals surface area contributed by atoms with E-state index in [-0.39, 0.29) is 12.3 Å². The predicted octanol–water partition coefficient (Wildman–Crippen LogP) is 1.13. The van der Waals surface area contributed by atoms with Gasteiger partial charge in [0.05, 0.1) is 6.61 Å². The summed E-state index contributed by atoms with van der Waals surface area (Å²) in [5, 5.41) is 0. The Balaban J connectivity index is 2.21. The molecule has 19 heavy (non-hydrogen) atoms. The third kappa shape index (κ3) is 6.31. The normalized spacial score (nSPS) is 22.7. The van der Waals surface area contributed by atoms with Gasteiger partial charge in [-0.25, -0.2) is 0 Å². The lowest BCUT2D eigenvalue weighted by atomic mass is 10.4. The SMILES string of the molecule is CCO[Si](CCCOCC1OC1N)(OCC)OCC. The number of hydrogen-bond donors (Lipinski definition) is 1. The van der Waals surface area contributed by atoms with Crippen LogP contribution >= 0.6 is 0 Å². The molecule has 0 amide bonds. The van der Waals surface area contributed by atoms with Gasteiger partial charge in [0.2, 0.25) is 0 Å². The van der Waals surface area contributed by atoms with Crippen molar-refractivity contribution in [1.82, 2.24) is 0 Å². The summed E-state index contributed by atoms with van der Waals surface area (Å²) in [6.45, 7) is 8.92. The fourth-order valence-electron chi connectivity index (χ4n) is 1.88. The highest BCUT2D eigenvalue weighted by Gasteiger charge is 2.40. The van der Waals surface area contributed by atoms with E-state index < -0.39 is 8.80 Å². The van der Waals surface area contributed by atoms with E-state index in [0.717, 1.165) is 12.5 Å². The largest absolute Gasteiger partial charge is 0.501 e. The van der Waals surface area contributed by atoms with Crippen molar-refractivity contribution in [2.45, 2.75) is 45.6 Å². The first kappa shape index (κ1) is 17.0. The molecule has 2 unspecified atom stereocenters. The lowest BCUT2D eigenvalue weighted by Gasteiger charge is -2.28. The fraction of sp³-hybridized carbons (Fsp3) is 1.00. The molecule has 1 saturated heterocycles. The summed E-state index contributed by atoms with van der Waals surface area (Å²) in [4.78, 5) is 0. The van der Waals surface area contributed by atoms with E-state index >= 15 is 0 Å². The zero-order valence-corrected chi connectivity index (χ0v) is 13.2. The topological polar surface area (TPSA) is 75.5 Å². The highest BCUT2D eigenvalue weighted by atomic mass is 28.4. The third-order valence-corrected chi connectivity index (χ3v) is 5.92. The minimum absolute atomic E-state index is 0.0766. The molecular formula is C12H27NO5Si. The van der Waals surface area contributed by atoms with Gasteiger partial charge in [-0.15, -0.1) is 0 Å². The van der Waals surface area contributed by atoms with E-state index in [0.29, 0.717) is 33.0 Å². The van der Waals surface area contributed by atoms with Crippen molar-refractivity contribution in [3.8, 4) is 0 Å². The number of hydrogen-bond acceptors (Lipinski definition) is 6. The lowest BCUT2D eigenvalue weighted by molar-refractivity contribution is 0.0648. The van der Waals surface area contributed by atoms with E-state index in [1.165, 1.54) is 0 Å². The molecule has 0 aromatic rings. The number of ether oxygens (including phenoxy) is 2. The Bertz CT molecular complexity index is 227. The second-order valence-corrected chi connectivity index (χ2v) is 7.03. The fourth-order valence-corrected chi connectivity index (χ4v) is 4.46. The first-order valence-electron chi connectivity index (χ1n) is 7.08. The van der Waals surface area contributed by atoms with Gasteiger partial charge >= 0.3 is 8.80 Å². The van der Waals surface area contributed by atoms with E-state index in [9.17, 15) is 0 Å². The number of epoxide rings is 1. The van der Waals surface area contributed by atoms with Crippen molar-refractivity contribution in [2.75, 3.05) is 33.0 Å². The second-order valence-electron chi connectivity index (χ2n) is 4.30. The second kappa shape index (κ2) is 9.01. The van der Waals surface area contributed by atoms with E-state index in [2.05, 4.69) is 0 Å². The average Bonchev–Trinajstić information content (AvgIpc) is 3.06. The summed E-state index contributed by atoms with van der Waals surface area (Å²) in [5.41, 5.74) is 5.51. The van der Waals surface area contributed by atoms with Crippen LogP contribution in [0.2, 0.25) is 6.04 Å². The first-order valence-corrected chi connectivity index (χ1v) is 9.01. The summed E-state index contributed by atoms with van der Waals surface area (Å²) >= 11 is 0. The number of rotatable bonds is 12. The Kier molecular flexibility index (Phi) is 8.08. The molecule has 2 N–H and O–H groups in total. The van der Waals surface area contributed by atoms with Crippen molar-refractivity contribution in [3.63, 3.8) is 0 Å². The molecule has 0 aliphatic carbocycles. The maximum absolute atomic E-state index is 5.76. The van der Waals surface area contributed by atoms with Crippen LogP contribution in [0.3, 0.4) is 0 Å². The van der Waals surface area contributed by atoms with Crippen molar-refractivity contribution in [1.29, 1.82) is 0 Å². The van der Waals surface area contributed by atoms with Crippen LogP contribution in [-0.4, -0.2) is 54.2 Å². The maximum Gasteiger partial charge on any atom is 0.501 e. The van der Waals surface area contributed by atoms with Gasteiger partial charge in [0.25, 0.3) is 0 Å². The molecule has 0 radical (unpaired) electrons. The van der Waals surface area contributed by atoms with Gasteiger partial charge in [-0.3, -0.25) is 0 Å². The number of nitrogens with two attached hydrogens (primary N) is 1. The van der Waals surface area contributed by atoms with Gasteiger partial charge in [0.15, 0.2) is 0 Å². The van der Waals surface area contributed by atoms with E-state index in [1.807, 2.05) is 20.8 Å². The quantitative estimate of drug-likeness (QED) is 0.330. The van der Waals surface area contributed by atoms with Crippen LogP contribution in [0.25, 0.3) is 0 Å². The van der Waals surface area contributed by atoms with Crippen molar-refractivity contribution in [3.05, 3.63) is 0 Å². The Labute approximate surface area is 116 Å². The minimum atomic E-state index is -2.51. The molecule has 7 heteroatoms. The van der Waals surface area contributed by atoms with Crippen molar-refractivity contribution < 1.29 is 22.8 Å². The lowest BCUT2D eigenvalue weighted by Crippen LogP contribution is -2.46. The zero-order valence-electron chi connectivity index (χ0n) is 12.2. The van der Waals surface area contributed by atoms with Crippen LogP contribution in [0.4, 0.5) is 0 Å². The van der Waals surface area contributed by atoms with Gasteiger partial charge in [-0.05, 0) is 27.2 Å². The van der Waals surface area contributed by atoms with Crippen LogP contribution in [0.1, 0.15) is 27.2 Å². The molecule has 1 rings (SSSR count). The Morgan fingerprint density at radius 1 is 1.05 bits per heavy atom. The van der Waals surface area contributed by atoms with Gasteiger partial charge in [0.1, 0.15) is 12.3 Å². The Morgan fingerprint density at radius 2 is 1.58 bits per heavy atom. The van der Waals surface area contributed by atoms with Crippen LogP contribution < -0.4 is 5.73 Å². The predicted molar refractivity (Wildman–Crippen MR) is 73.7 cm³/mol. The van der Waals surface area contributed by atoms with Crippen LogP contribution in [0, 0.1) is 0 Å². The monoisotopic (exact) mass is 293 g/mol. The molecule has 114 valence electrons. The molecule has 0 aromatic heterocycles. The molecule has 1 fully saturated rings. The highest BCUT2D eigenvalue weighted by Crippen LogP contribution is 2.19. The molecule has 0 saturated carbocycles. The standard InChI is InChI=1S/C12H27NO5Si/c1-4-15-19(16-5-2,17-6-3)9-7-8-14-10-11-12(13)18-11/h11-12H,4-10,13H2,1-3H3. The minimum Gasteiger partial charge on any atom is -0.379 e. The Hall–Kier alpha value is -0.0231. The molecule has 0 aromatic carbocycles. The zero-order chi connectivity index (χ0) is 14.1. The van der Waals surface area contributed by atoms with Crippen molar-refractivity contribution in [2.24, 2.45) is 5.73 Å². The molecule has 2 atom stereocenters. The smallest absolute Gasteiger partial charge is 0.379 e. The van der Waals surface area contributed by atoms with Crippen LogP contribution in [-0.2, 0) is 22.8 Å². The average molecular weight is 293 g/mol. The van der Waals surface area contributed by atoms with Crippen LogP contribution in [0.15, 0.2) is 0 Å². The molecule has 0 bridgehead atoms. The molecular weight excluding hydrogens is 266 g/mol. The first-order chi connectivity index (χ1) is 9.17. The summed E-state index contributed by atoms with van der Waals surface area (Å²) in [7, 11) is -2.51. The summed E-state index contributed by atoms with van der Waals surface area (Å²) < 4.78 is 27.9. The summed E-state index contributed by atoms with van der Waals surface area (Å²) in [6.07, 6.45) is 0.796. The van der Waals surface area contributed by atoms with E-state index in [4.69, 9.17) is 28.5 Å². The Morgan fingerprint density at radius 3 is 2.00 bits per heavy atom. The molecule has 0 spiro atoms. The van der Waals surface area contributed by atoms with E-state index in [1.54, 1.807) is 0 Å². The third-order valence-electron chi connectivity index (χ3n) is 2.77. The molecule has 6 nitrogen and oxygen atoms in total. The summed E-state index contributed by atoms with van der Waals surface area (Å²) in [6, 6.07) is 0.778. The molecule has 1 aliphatic rings. The molecule has 1 heterocycles. The van der Waals surface area contributed by atoms with Gasteiger partial charge in [-0.1, -0.05) is 0 Å². The van der Waals surface area contributed by atoms with Gasteiger partial charge in [0, 0.05) is 32.5 Å². The van der Waals surface area contributed by atoms with Crippen LogP contribution in [0.5, 0.6) is 0 Å². The van der Waals surface area contributed by atoms with Crippen molar-refractivity contribution >= 4 is 8.80 Å². The van der Waals surface area contributed by atoms with Gasteiger partial charge in [-0.2, -0.15) is 0 Å². The maximum atomic E-state index is 5.76. The molecule has 1 aliphatic heterocycles. The highest BCUT2D eigenvalue weighted by molar-refractivity contribution is 6.60. The van der Waals surface area contributed by atoms with Gasteiger partial charge < -0.3 is 28.5 Å². The summed E-state index contributed by atoms with van der Waals surface area (Å²) in [5.74, 6) is 0.